The Bertz CT molecular complexity index is 976. The molecule has 1 amide bonds. The van der Waals surface area contributed by atoms with Crippen molar-refractivity contribution >= 4 is 22.6 Å². The summed E-state index contributed by atoms with van der Waals surface area (Å²) in [6, 6.07) is 14.1. The first-order valence-electron chi connectivity index (χ1n) is 7.22. The van der Waals surface area contributed by atoms with Gasteiger partial charge in [-0.2, -0.15) is 0 Å². The van der Waals surface area contributed by atoms with Gasteiger partial charge in [0.1, 0.15) is 28.3 Å². The van der Waals surface area contributed by atoms with E-state index in [4.69, 9.17) is 19.6 Å². The van der Waals surface area contributed by atoms with Crippen molar-refractivity contribution in [3.63, 3.8) is 0 Å². The number of fused-ring (bicyclic) bond motifs is 1. The van der Waals surface area contributed by atoms with Crippen LogP contribution >= 0.6 is 0 Å². The Morgan fingerprint density at radius 1 is 1.08 bits per heavy atom. The SMILES string of the molecule is COc1ccc2oc(=Nc3ccccc3OC)c(C(N)=O)cc2c1. The van der Waals surface area contributed by atoms with Crippen molar-refractivity contribution in [2.45, 2.75) is 0 Å². The van der Waals surface area contributed by atoms with Crippen LogP contribution in [0.25, 0.3) is 11.0 Å². The fourth-order valence-electron chi connectivity index (χ4n) is 2.33. The summed E-state index contributed by atoms with van der Waals surface area (Å²) in [5.74, 6) is 0.595. The molecule has 6 heteroatoms. The van der Waals surface area contributed by atoms with Crippen LogP contribution < -0.4 is 20.8 Å². The molecule has 2 N–H and O–H groups in total. The molecule has 0 aliphatic heterocycles. The van der Waals surface area contributed by atoms with Gasteiger partial charge in [0.2, 0.25) is 5.55 Å². The van der Waals surface area contributed by atoms with E-state index in [-0.39, 0.29) is 11.1 Å². The number of nitrogens with two attached hydrogens (primary N) is 1. The average Bonchev–Trinajstić information content (AvgIpc) is 2.61. The Morgan fingerprint density at radius 3 is 2.58 bits per heavy atom. The van der Waals surface area contributed by atoms with E-state index >= 15 is 0 Å². The van der Waals surface area contributed by atoms with Crippen LogP contribution in [0.5, 0.6) is 11.5 Å². The number of rotatable bonds is 4. The highest BCUT2D eigenvalue weighted by atomic mass is 16.5. The van der Waals surface area contributed by atoms with Crippen molar-refractivity contribution in [1.82, 2.24) is 0 Å². The molecule has 6 nitrogen and oxygen atoms in total. The predicted molar refractivity (Wildman–Crippen MR) is 89.5 cm³/mol. The van der Waals surface area contributed by atoms with Crippen LogP contribution in [0.15, 0.2) is 57.9 Å². The zero-order valence-corrected chi connectivity index (χ0v) is 13.3. The first-order valence-corrected chi connectivity index (χ1v) is 7.22. The molecule has 1 aromatic heterocycles. The first-order chi connectivity index (χ1) is 11.6. The summed E-state index contributed by atoms with van der Waals surface area (Å²) >= 11 is 0. The molecule has 0 radical (unpaired) electrons. The molecule has 0 bridgehead atoms. The lowest BCUT2D eigenvalue weighted by atomic mass is 10.1. The molecule has 1 heterocycles. The number of amides is 1. The van der Waals surface area contributed by atoms with Crippen molar-refractivity contribution in [2.75, 3.05) is 14.2 Å². The van der Waals surface area contributed by atoms with Gasteiger partial charge in [-0.1, -0.05) is 12.1 Å². The monoisotopic (exact) mass is 324 g/mol. The summed E-state index contributed by atoms with van der Waals surface area (Å²) < 4.78 is 16.2. The molecule has 3 rings (SSSR count). The molecular formula is C18H16N2O4. The summed E-state index contributed by atoms with van der Waals surface area (Å²) in [5, 5.41) is 0.696. The summed E-state index contributed by atoms with van der Waals surface area (Å²) in [6.45, 7) is 0. The van der Waals surface area contributed by atoms with Gasteiger partial charge >= 0.3 is 0 Å². The van der Waals surface area contributed by atoms with Crippen molar-refractivity contribution in [2.24, 2.45) is 10.7 Å². The molecule has 0 fully saturated rings. The molecule has 0 aliphatic rings. The Labute approximate surface area is 138 Å². The summed E-state index contributed by atoms with van der Waals surface area (Å²) in [4.78, 5) is 16.2. The summed E-state index contributed by atoms with van der Waals surface area (Å²) in [7, 11) is 3.12. The maximum absolute atomic E-state index is 11.8. The second-order valence-electron chi connectivity index (χ2n) is 5.02. The van der Waals surface area contributed by atoms with Crippen LogP contribution in [-0.2, 0) is 0 Å². The van der Waals surface area contributed by atoms with E-state index in [2.05, 4.69) is 4.99 Å². The molecule has 0 saturated carbocycles. The second kappa shape index (κ2) is 6.45. The Balaban J connectivity index is 2.28. The lowest BCUT2D eigenvalue weighted by Crippen LogP contribution is -2.21. The maximum atomic E-state index is 11.8. The third-order valence-corrected chi connectivity index (χ3v) is 3.53. The normalized spacial score (nSPS) is 11.5. The molecule has 3 aromatic rings. The Morgan fingerprint density at radius 2 is 1.88 bits per heavy atom. The van der Waals surface area contributed by atoms with Crippen molar-refractivity contribution in [1.29, 1.82) is 0 Å². The minimum Gasteiger partial charge on any atom is -0.497 e. The lowest BCUT2D eigenvalue weighted by Gasteiger charge is -2.06. The number of hydrogen-bond donors (Lipinski definition) is 1. The smallest absolute Gasteiger partial charge is 0.254 e. The molecule has 24 heavy (non-hydrogen) atoms. The van der Waals surface area contributed by atoms with Gasteiger partial charge in [-0.15, -0.1) is 0 Å². The number of carbonyl (C=O) groups excluding carboxylic acids is 1. The number of nitrogens with zero attached hydrogens (tertiary/aromatic N) is 1. The lowest BCUT2D eigenvalue weighted by molar-refractivity contribution is 0.0996. The van der Waals surface area contributed by atoms with Crippen molar-refractivity contribution in [3.05, 3.63) is 59.6 Å². The van der Waals surface area contributed by atoms with Crippen LogP contribution in [0.4, 0.5) is 5.69 Å². The van der Waals surface area contributed by atoms with Gasteiger partial charge in [0, 0.05) is 5.39 Å². The molecule has 0 spiro atoms. The second-order valence-corrected chi connectivity index (χ2v) is 5.02. The topological polar surface area (TPSA) is 87.1 Å². The van der Waals surface area contributed by atoms with E-state index in [1.165, 1.54) is 0 Å². The number of carbonyl (C=O) groups is 1. The van der Waals surface area contributed by atoms with Gasteiger partial charge in [-0.3, -0.25) is 4.79 Å². The molecule has 0 atom stereocenters. The van der Waals surface area contributed by atoms with Crippen LogP contribution in [0.1, 0.15) is 10.4 Å². The van der Waals surface area contributed by atoms with Gasteiger partial charge in [-0.25, -0.2) is 4.99 Å². The van der Waals surface area contributed by atoms with E-state index < -0.39 is 5.91 Å². The number of methoxy groups -OCH3 is 2. The fraction of sp³-hybridized carbons (Fsp3) is 0.111. The highest BCUT2D eigenvalue weighted by Crippen LogP contribution is 2.26. The summed E-state index contributed by atoms with van der Waals surface area (Å²) in [6.07, 6.45) is 0. The van der Waals surface area contributed by atoms with Crippen LogP contribution in [0, 0.1) is 0 Å². The predicted octanol–water partition coefficient (Wildman–Crippen LogP) is 2.78. The van der Waals surface area contributed by atoms with Gasteiger partial charge in [-0.05, 0) is 36.4 Å². The zero-order valence-electron chi connectivity index (χ0n) is 13.3. The number of ether oxygens (including phenoxy) is 2. The quantitative estimate of drug-likeness (QED) is 0.799. The third-order valence-electron chi connectivity index (χ3n) is 3.53. The number of para-hydroxylation sites is 2. The van der Waals surface area contributed by atoms with E-state index in [0.29, 0.717) is 28.2 Å². The fourth-order valence-corrected chi connectivity index (χ4v) is 2.33. The highest BCUT2D eigenvalue weighted by molar-refractivity contribution is 5.95. The molecule has 0 aliphatic carbocycles. The first kappa shape index (κ1) is 15.6. The largest absolute Gasteiger partial charge is 0.497 e. The summed E-state index contributed by atoms with van der Waals surface area (Å²) in [5.41, 5.74) is 6.90. The van der Waals surface area contributed by atoms with Crippen molar-refractivity contribution in [3.8, 4) is 11.5 Å². The van der Waals surface area contributed by atoms with Crippen LogP contribution in [-0.4, -0.2) is 20.1 Å². The van der Waals surface area contributed by atoms with E-state index in [1.54, 1.807) is 50.6 Å². The molecule has 2 aromatic carbocycles. The molecule has 122 valence electrons. The molecular weight excluding hydrogens is 308 g/mol. The number of benzene rings is 2. The van der Waals surface area contributed by atoms with Crippen molar-refractivity contribution < 1.29 is 18.7 Å². The van der Waals surface area contributed by atoms with Gasteiger partial charge < -0.3 is 19.6 Å². The van der Waals surface area contributed by atoms with Gasteiger partial charge in [0.05, 0.1) is 14.2 Å². The molecule has 0 unspecified atom stereocenters. The van der Waals surface area contributed by atoms with Crippen LogP contribution in [0.3, 0.4) is 0 Å². The maximum Gasteiger partial charge on any atom is 0.254 e. The van der Waals surface area contributed by atoms with Gasteiger partial charge in [0.25, 0.3) is 5.91 Å². The Hall–Kier alpha value is -3.28. The number of hydrogen-bond acceptors (Lipinski definition) is 5. The minimum absolute atomic E-state index is 0.129. The Kier molecular flexibility index (Phi) is 4.20. The van der Waals surface area contributed by atoms with E-state index in [0.717, 1.165) is 0 Å². The highest BCUT2D eigenvalue weighted by Gasteiger charge is 2.11. The number of primary amides is 1. The van der Waals surface area contributed by atoms with Crippen LogP contribution in [0.2, 0.25) is 0 Å². The zero-order chi connectivity index (χ0) is 17.1. The van der Waals surface area contributed by atoms with E-state index in [9.17, 15) is 4.79 Å². The van der Waals surface area contributed by atoms with Gasteiger partial charge in [0.15, 0.2) is 0 Å². The average molecular weight is 324 g/mol. The molecule has 0 saturated heterocycles. The minimum atomic E-state index is -0.628. The third kappa shape index (κ3) is 2.94. The van der Waals surface area contributed by atoms with E-state index in [1.807, 2.05) is 12.1 Å². The standard InChI is InChI=1S/C18H16N2O4/c1-22-12-7-8-15-11(9-12)10-13(17(19)21)18(24-15)20-14-5-3-4-6-16(14)23-2/h3-10H,1-2H3,(H2,19,21).